The third kappa shape index (κ3) is 3.59. The Labute approximate surface area is 141 Å². The predicted molar refractivity (Wildman–Crippen MR) is 88.6 cm³/mol. The predicted octanol–water partition coefficient (Wildman–Crippen LogP) is 1.12. The Morgan fingerprint density at radius 1 is 1.48 bits per heavy atom. The van der Waals surface area contributed by atoms with E-state index in [1.165, 1.54) is 6.42 Å². The summed E-state index contributed by atoms with van der Waals surface area (Å²) >= 11 is 1.58. The van der Waals surface area contributed by atoms with Crippen LogP contribution in [0.2, 0.25) is 0 Å². The molecule has 3 aliphatic heterocycles. The number of rotatable bonds is 4. The van der Waals surface area contributed by atoms with E-state index in [-0.39, 0.29) is 30.3 Å². The first-order chi connectivity index (χ1) is 11.1. The van der Waals surface area contributed by atoms with Gasteiger partial charge < -0.3 is 24.4 Å². The highest BCUT2D eigenvalue weighted by molar-refractivity contribution is 8.14. The second-order valence-electron chi connectivity index (χ2n) is 6.04. The van der Waals surface area contributed by atoms with E-state index in [4.69, 9.17) is 9.47 Å². The first-order valence-corrected chi connectivity index (χ1v) is 9.25. The fourth-order valence-corrected chi connectivity index (χ4v) is 4.25. The molecule has 4 atom stereocenters. The maximum absolute atomic E-state index is 11.9. The molecule has 7 nitrogen and oxygen atoms in total. The summed E-state index contributed by atoms with van der Waals surface area (Å²) in [6.07, 6.45) is 0.500. The minimum atomic E-state index is -0.544. The highest BCUT2D eigenvalue weighted by Crippen LogP contribution is 2.38. The molecule has 0 unspecified atom stereocenters. The van der Waals surface area contributed by atoms with Gasteiger partial charge in [-0.3, -0.25) is 4.99 Å². The molecule has 0 saturated carbocycles. The quantitative estimate of drug-likeness (QED) is 0.824. The molecule has 3 rings (SSSR count). The number of carbonyl (C=O) groups excluding carboxylic acids is 1. The maximum Gasteiger partial charge on any atom is 0.409 e. The van der Waals surface area contributed by atoms with Crippen molar-refractivity contribution in [3.8, 4) is 0 Å². The first-order valence-electron chi connectivity index (χ1n) is 8.37. The molecule has 2 saturated heterocycles. The third-order valence-corrected chi connectivity index (χ3v) is 5.72. The molecule has 0 aliphatic carbocycles. The topological polar surface area (TPSA) is 74.6 Å². The Bertz CT molecular complexity index is 468. The van der Waals surface area contributed by atoms with Crippen molar-refractivity contribution in [3.63, 3.8) is 0 Å². The summed E-state index contributed by atoms with van der Waals surface area (Å²) in [4.78, 5) is 20.3. The van der Waals surface area contributed by atoms with Gasteiger partial charge in [-0.15, -0.1) is 0 Å². The molecule has 2 fully saturated rings. The van der Waals surface area contributed by atoms with Gasteiger partial charge in [-0.1, -0.05) is 11.8 Å². The van der Waals surface area contributed by atoms with Crippen LogP contribution in [0.4, 0.5) is 4.79 Å². The van der Waals surface area contributed by atoms with Gasteiger partial charge in [0.1, 0.15) is 18.1 Å². The maximum atomic E-state index is 11.9. The second kappa shape index (κ2) is 7.27. The van der Waals surface area contributed by atoms with E-state index in [1.54, 1.807) is 16.7 Å². The van der Waals surface area contributed by atoms with Crippen molar-refractivity contribution < 1.29 is 19.4 Å². The monoisotopic (exact) mass is 343 g/mol. The molecule has 23 heavy (non-hydrogen) atoms. The molecular weight excluding hydrogens is 318 g/mol. The average Bonchev–Trinajstić information content (AvgIpc) is 2.88. The number of amidine groups is 1. The van der Waals surface area contributed by atoms with Gasteiger partial charge in [-0.05, 0) is 20.3 Å². The highest BCUT2D eigenvalue weighted by atomic mass is 32.2. The number of ether oxygens (including phenoxy) is 2. The smallest absolute Gasteiger partial charge is 0.409 e. The largest absolute Gasteiger partial charge is 0.447 e. The Balaban J connectivity index is 1.50. The number of fused-ring (bicyclic) bond motifs is 1. The zero-order valence-electron chi connectivity index (χ0n) is 13.7. The van der Waals surface area contributed by atoms with Crippen molar-refractivity contribution in [2.24, 2.45) is 4.99 Å². The van der Waals surface area contributed by atoms with Crippen molar-refractivity contribution in [1.82, 2.24) is 9.80 Å². The van der Waals surface area contributed by atoms with Gasteiger partial charge in [-0.25, -0.2) is 4.79 Å². The zero-order chi connectivity index (χ0) is 16.4. The van der Waals surface area contributed by atoms with Gasteiger partial charge in [0, 0.05) is 32.6 Å². The van der Waals surface area contributed by atoms with Gasteiger partial charge >= 0.3 is 6.09 Å². The lowest BCUT2D eigenvalue weighted by Crippen LogP contribution is -2.46. The normalized spacial score (nSPS) is 32.8. The number of likely N-dealkylation sites (tertiary alicyclic amines) is 1. The van der Waals surface area contributed by atoms with Crippen molar-refractivity contribution in [2.45, 2.75) is 50.4 Å². The number of amides is 1. The van der Waals surface area contributed by atoms with Crippen LogP contribution in [0.3, 0.4) is 0 Å². The Morgan fingerprint density at radius 3 is 2.83 bits per heavy atom. The van der Waals surface area contributed by atoms with Gasteiger partial charge in [0.05, 0.1) is 12.2 Å². The van der Waals surface area contributed by atoms with Crippen LogP contribution in [0.1, 0.15) is 26.7 Å². The average molecular weight is 343 g/mol. The molecular formula is C15H25N3O4S. The number of carbonyl (C=O) groups is 1. The Kier molecular flexibility index (Phi) is 5.33. The van der Waals surface area contributed by atoms with E-state index < -0.39 is 6.10 Å². The summed E-state index contributed by atoms with van der Waals surface area (Å²) in [6, 6.07) is -0.203. The van der Waals surface area contributed by atoms with E-state index in [1.807, 2.05) is 13.8 Å². The van der Waals surface area contributed by atoms with Crippen LogP contribution in [-0.4, -0.2) is 82.6 Å². The van der Waals surface area contributed by atoms with Crippen LogP contribution in [-0.2, 0) is 9.47 Å². The van der Waals surface area contributed by atoms with Crippen LogP contribution < -0.4 is 0 Å². The van der Waals surface area contributed by atoms with E-state index >= 15 is 0 Å². The molecule has 0 spiro atoms. The van der Waals surface area contributed by atoms with E-state index in [2.05, 4.69) is 9.89 Å². The van der Waals surface area contributed by atoms with Crippen LogP contribution in [0, 0.1) is 0 Å². The van der Waals surface area contributed by atoms with Crippen LogP contribution >= 0.6 is 11.8 Å². The number of aliphatic imine (C=N–C) groups is 1. The molecule has 1 amide bonds. The third-order valence-electron chi connectivity index (χ3n) is 4.53. The zero-order valence-corrected chi connectivity index (χ0v) is 14.5. The van der Waals surface area contributed by atoms with Crippen molar-refractivity contribution >= 4 is 23.0 Å². The molecule has 130 valence electrons. The number of thioether (sulfide) groups is 1. The molecule has 0 aromatic rings. The Morgan fingerprint density at radius 2 is 2.22 bits per heavy atom. The number of hydrogen-bond acceptors (Lipinski definition) is 7. The molecule has 0 aromatic carbocycles. The molecule has 0 aromatic heterocycles. The fourth-order valence-electron chi connectivity index (χ4n) is 2.93. The van der Waals surface area contributed by atoms with Gasteiger partial charge in [0.2, 0.25) is 0 Å². The number of aliphatic hydroxyl groups excluding tert-OH is 1. The van der Waals surface area contributed by atoms with Gasteiger partial charge in [0.15, 0.2) is 5.17 Å². The summed E-state index contributed by atoms with van der Waals surface area (Å²) in [7, 11) is 0. The highest BCUT2D eigenvalue weighted by Gasteiger charge is 2.44. The Hall–Kier alpha value is -0.990. The van der Waals surface area contributed by atoms with E-state index in [0.717, 1.165) is 18.3 Å². The minimum absolute atomic E-state index is 0.175. The van der Waals surface area contributed by atoms with Crippen LogP contribution in [0.5, 0.6) is 0 Å². The van der Waals surface area contributed by atoms with Crippen molar-refractivity contribution in [3.05, 3.63) is 0 Å². The number of aliphatic hydroxyl groups is 1. The second-order valence-corrected chi connectivity index (χ2v) is 7.10. The van der Waals surface area contributed by atoms with E-state index in [9.17, 15) is 9.90 Å². The summed E-state index contributed by atoms with van der Waals surface area (Å²) in [6.45, 7) is 7.32. The molecule has 0 bridgehead atoms. The van der Waals surface area contributed by atoms with Crippen LogP contribution in [0.25, 0.3) is 0 Å². The standard InChI is InChI=1S/C15H25N3O4S/c1-3-17(4-2)15(20)21-9-10-8-11(19)12-13(22-10)23-14(16-12)18-6-5-7-18/h10-13,19H,3-9H2,1-2H3/t10-,11-,12+,13+/m0/s1. The fraction of sp³-hybridized carbons (Fsp3) is 0.867. The minimum Gasteiger partial charge on any atom is -0.447 e. The summed E-state index contributed by atoms with van der Waals surface area (Å²) < 4.78 is 11.3. The summed E-state index contributed by atoms with van der Waals surface area (Å²) in [5.41, 5.74) is -0.175. The lowest BCUT2D eigenvalue weighted by atomic mass is 10.0. The summed E-state index contributed by atoms with van der Waals surface area (Å²) in [5.74, 6) is 0. The summed E-state index contributed by atoms with van der Waals surface area (Å²) in [5, 5.41) is 11.3. The van der Waals surface area contributed by atoms with Crippen molar-refractivity contribution in [2.75, 3.05) is 32.8 Å². The molecule has 8 heteroatoms. The van der Waals surface area contributed by atoms with Crippen molar-refractivity contribution in [1.29, 1.82) is 0 Å². The first kappa shape index (κ1) is 16.9. The molecule has 1 N–H and O–H groups in total. The van der Waals surface area contributed by atoms with Crippen LogP contribution in [0.15, 0.2) is 4.99 Å². The SMILES string of the molecule is CCN(CC)C(=O)OC[C@@H]1C[C@H](O)[C@H]2N=C(N3CCC3)S[C@H]2O1. The molecule has 0 radical (unpaired) electrons. The van der Waals surface area contributed by atoms with Gasteiger partial charge in [-0.2, -0.15) is 0 Å². The number of nitrogens with zero attached hydrogens (tertiary/aromatic N) is 3. The molecule has 3 heterocycles. The lowest BCUT2D eigenvalue weighted by Gasteiger charge is -2.34. The van der Waals surface area contributed by atoms with Gasteiger partial charge in [0.25, 0.3) is 0 Å². The number of hydrogen-bond donors (Lipinski definition) is 1. The molecule has 3 aliphatic rings. The lowest BCUT2D eigenvalue weighted by molar-refractivity contribution is -0.0909. The van der Waals surface area contributed by atoms with E-state index in [0.29, 0.717) is 19.5 Å².